The van der Waals surface area contributed by atoms with E-state index in [2.05, 4.69) is 9.98 Å². The lowest BCUT2D eigenvalue weighted by Crippen LogP contribution is -2.21. The Labute approximate surface area is 96.4 Å². The van der Waals surface area contributed by atoms with Crippen molar-refractivity contribution in [2.24, 2.45) is 32.9 Å². The fourth-order valence-corrected chi connectivity index (χ4v) is 0.115. The normalized spacial score (nSPS) is 7.53. The predicted molar refractivity (Wildman–Crippen MR) is 57.0 cm³/mol. The highest BCUT2D eigenvalue weighted by atomic mass is 32.3. The van der Waals surface area contributed by atoms with E-state index in [-0.39, 0.29) is 11.9 Å². The van der Waals surface area contributed by atoms with Crippen molar-refractivity contribution >= 4 is 22.3 Å². The second-order valence-corrected chi connectivity index (χ2v) is 2.62. The number of nitrogens with zero attached hydrogens (tertiary/aromatic N) is 4. The van der Waals surface area contributed by atoms with E-state index in [9.17, 15) is 0 Å². The molecule has 10 N–H and O–H groups in total. The van der Waals surface area contributed by atoms with E-state index < -0.39 is 10.4 Å². The van der Waals surface area contributed by atoms with Crippen LogP contribution in [0.1, 0.15) is 0 Å². The summed E-state index contributed by atoms with van der Waals surface area (Å²) in [5, 5.41) is 15.3. The first-order chi connectivity index (χ1) is 7.54. The van der Waals surface area contributed by atoms with Gasteiger partial charge in [0.1, 0.15) is 0 Å². The summed E-state index contributed by atoms with van der Waals surface area (Å²) in [6.45, 7) is 0. The van der Waals surface area contributed by atoms with Gasteiger partial charge in [-0.2, -0.15) is 18.9 Å². The fraction of sp³-hybridized carbons (Fsp3) is 0. The van der Waals surface area contributed by atoms with Crippen LogP contribution in [0.2, 0.25) is 0 Å². The molecule has 96 valence electrons. The maximum Gasteiger partial charge on any atom is 0.394 e. The average molecular weight is 266 g/mol. The van der Waals surface area contributed by atoms with Gasteiger partial charge < -0.3 is 22.9 Å². The lowest BCUT2D eigenvalue weighted by Gasteiger charge is -1.74. The molecule has 12 nitrogen and oxygen atoms in total. The summed E-state index contributed by atoms with van der Waals surface area (Å²) < 4.78 is 31.6. The molecule has 0 heterocycles. The van der Waals surface area contributed by atoms with Crippen LogP contribution in [0.4, 0.5) is 0 Å². The quantitative estimate of drug-likeness (QED) is 0.111. The van der Waals surface area contributed by atoms with Crippen molar-refractivity contribution < 1.29 is 17.5 Å². The average Bonchev–Trinajstić information content (AvgIpc) is 2.00. The highest BCUT2D eigenvalue weighted by Gasteiger charge is 1.84. The van der Waals surface area contributed by atoms with Crippen LogP contribution < -0.4 is 22.9 Å². The lowest BCUT2D eigenvalue weighted by atomic mass is 11.1. The van der Waals surface area contributed by atoms with Crippen LogP contribution in [0.3, 0.4) is 0 Å². The molecule has 0 atom stereocenters. The molecule has 0 aromatic rings. The van der Waals surface area contributed by atoms with Crippen LogP contribution in [0, 0.1) is 22.9 Å². The zero-order chi connectivity index (χ0) is 14.5. The minimum Gasteiger partial charge on any atom is -0.369 e. The third-order valence-electron chi connectivity index (χ3n) is 0.358. The largest absolute Gasteiger partial charge is 0.394 e. The molecule has 0 saturated carbocycles. The van der Waals surface area contributed by atoms with Gasteiger partial charge in [0, 0.05) is 0 Å². The first-order valence-electron chi connectivity index (χ1n) is 3.19. The monoisotopic (exact) mass is 266 g/mol. The van der Waals surface area contributed by atoms with Gasteiger partial charge in [0.25, 0.3) is 0 Å². The minimum atomic E-state index is -4.67. The molecule has 0 aromatic heterocycles. The van der Waals surface area contributed by atoms with E-state index in [4.69, 9.17) is 51.0 Å². The molecular formula is C4H10N8O4S. The van der Waals surface area contributed by atoms with Gasteiger partial charge in [-0.3, -0.25) is 9.11 Å². The minimum absolute atomic E-state index is 0.197. The van der Waals surface area contributed by atoms with Gasteiger partial charge >= 0.3 is 10.4 Å². The summed E-state index contributed by atoms with van der Waals surface area (Å²) in [6, 6.07) is 0. The number of guanidine groups is 2. The maximum atomic E-state index is 8.74. The van der Waals surface area contributed by atoms with E-state index >= 15 is 0 Å². The van der Waals surface area contributed by atoms with Crippen LogP contribution in [-0.2, 0) is 10.4 Å². The van der Waals surface area contributed by atoms with Crippen molar-refractivity contribution in [2.75, 3.05) is 0 Å². The standard InChI is InChI=1S/2C2H4N4.H2O4S/c2*3-1-6-2(4)5;1-5(2,3)4/h2*(H4,4,5,6);(H2,1,2,3,4). The van der Waals surface area contributed by atoms with E-state index in [0.29, 0.717) is 0 Å². The Balaban J connectivity index is -0.000000174. The lowest BCUT2D eigenvalue weighted by molar-refractivity contribution is 0.381. The molecule has 0 fully saturated rings. The zero-order valence-electron chi connectivity index (χ0n) is 8.22. The molecule has 0 aliphatic rings. The first kappa shape index (κ1) is 19.9. The second kappa shape index (κ2) is 11.5. The van der Waals surface area contributed by atoms with E-state index in [0.717, 1.165) is 0 Å². The Kier molecular flexibility index (Phi) is 13.4. The smallest absolute Gasteiger partial charge is 0.369 e. The molecule has 0 spiro atoms. The van der Waals surface area contributed by atoms with Crippen LogP contribution in [0.5, 0.6) is 0 Å². The number of nitrogens with two attached hydrogens (primary N) is 4. The molecule has 0 aromatic carbocycles. The molecule has 17 heavy (non-hydrogen) atoms. The maximum absolute atomic E-state index is 8.74. The van der Waals surface area contributed by atoms with Crippen molar-refractivity contribution in [1.29, 1.82) is 10.5 Å². The molecule has 0 amide bonds. The first-order valence-corrected chi connectivity index (χ1v) is 4.59. The topological polar surface area (TPSA) is 251 Å². The van der Waals surface area contributed by atoms with Gasteiger partial charge in [-0.15, -0.1) is 9.98 Å². The molecule has 0 aliphatic heterocycles. The Morgan fingerprint density at radius 1 is 0.941 bits per heavy atom. The Hall–Kier alpha value is -2.61. The molecule has 0 aliphatic carbocycles. The number of rotatable bonds is 0. The summed E-state index contributed by atoms with van der Waals surface area (Å²) in [4.78, 5) is 5.81. The molecule has 0 bridgehead atoms. The van der Waals surface area contributed by atoms with Gasteiger partial charge in [0.15, 0.2) is 0 Å². The third-order valence-corrected chi connectivity index (χ3v) is 0.358. The van der Waals surface area contributed by atoms with Gasteiger partial charge in [-0.25, -0.2) is 0 Å². The van der Waals surface area contributed by atoms with Crippen LogP contribution in [0.25, 0.3) is 0 Å². The molecule has 0 unspecified atom stereocenters. The van der Waals surface area contributed by atoms with E-state index in [1.165, 1.54) is 12.4 Å². The van der Waals surface area contributed by atoms with Crippen molar-refractivity contribution in [3.8, 4) is 12.4 Å². The summed E-state index contributed by atoms with van der Waals surface area (Å²) in [7, 11) is -4.67. The van der Waals surface area contributed by atoms with E-state index in [1.807, 2.05) is 0 Å². The highest BCUT2D eigenvalue weighted by Crippen LogP contribution is 1.59. The Morgan fingerprint density at radius 2 is 1.12 bits per heavy atom. The van der Waals surface area contributed by atoms with Crippen LogP contribution >= 0.6 is 0 Å². The van der Waals surface area contributed by atoms with Gasteiger partial charge in [-0.1, -0.05) is 0 Å². The van der Waals surface area contributed by atoms with Crippen LogP contribution in [-0.4, -0.2) is 29.4 Å². The third kappa shape index (κ3) is 151. The summed E-state index contributed by atoms with van der Waals surface area (Å²) >= 11 is 0. The van der Waals surface area contributed by atoms with Crippen LogP contribution in [0.15, 0.2) is 9.98 Å². The molecule has 0 radical (unpaired) electrons. The van der Waals surface area contributed by atoms with Gasteiger partial charge in [0.05, 0.1) is 0 Å². The Bertz CT molecular complexity index is 395. The zero-order valence-corrected chi connectivity index (χ0v) is 9.03. The Morgan fingerprint density at radius 3 is 1.12 bits per heavy atom. The number of nitriles is 2. The number of hydrogen-bond donors (Lipinski definition) is 6. The van der Waals surface area contributed by atoms with Crippen molar-refractivity contribution in [1.82, 2.24) is 0 Å². The van der Waals surface area contributed by atoms with E-state index in [1.54, 1.807) is 0 Å². The SMILES string of the molecule is N#CN=C(N)N.N#CN=C(N)N.O=S(=O)(O)O. The van der Waals surface area contributed by atoms with Gasteiger partial charge in [0.2, 0.25) is 24.3 Å². The number of aliphatic imine (C=N–C) groups is 2. The van der Waals surface area contributed by atoms with Crippen molar-refractivity contribution in [3.63, 3.8) is 0 Å². The highest BCUT2D eigenvalue weighted by molar-refractivity contribution is 7.79. The molecule has 0 rings (SSSR count). The summed E-state index contributed by atoms with van der Waals surface area (Å²) in [5.74, 6) is -0.394. The fourth-order valence-electron chi connectivity index (χ4n) is 0.115. The number of hydrogen-bond acceptors (Lipinski definition) is 6. The van der Waals surface area contributed by atoms with Gasteiger partial charge in [-0.05, 0) is 0 Å². The summed E-state index contributed by atoms with van der Waals surface area (Å²) in [6.07, 6.45) is 2.81. The van der Waals surface area contributed by atoms with Crippen molar-refractivity contribution in [3.05, 3.63) is 0 Å². The second-order valence-electron chi connectivity index (χ2n) is 1.72. The molecule has 13 heteroatoms. The molecule has 0 saturated heterocycles. The van der Waals surface area contributed by atoms with Crippen molar-refractivity contribution in [2.45, 2.75) is 0 Å². The molecular weight excluding hydrogens is 256 g/mol. The predicted octanol–water partition coefficient (Wildman–Crippen LogP) is -3.17. The summed E-state index contributed by atoms with van der Waals surface area (Å²) in [5.41, 5.74) is 18.8.